The zero-order chi connectivity index (χ0) is 12.3. The fraction of sp³-hybridized carbons (Fsp3) is 0.583. The quantitative estimate of drug-likeness (QED) is 0.879. The Hall–Kier alpha value is -0.810. The Kier molecular flexibility index (Phi) is 4.23. The number of amides is 1. The maximum Gasteiger partial charge on any atom is 0.270 e. The Balaban J connectivity index is 2.15. The van der Waals surface area contributed by atoms with Crippen molar-refractivity contribution in [1.82, 2.24) is 9.88 Å². The van der Waals surface area contributed by atoms with Crippen LogP contribution in [0.25, 0.3) is 0 Å². The molecule has 0 radical (unpaired) electrons. The monoisotopic (exact) mass is 300 g/mol. The van der Waals surface area contributed by atoms with Gasteiger partial charge >= 0.3 is 0 Å². The van der Waals surface area contributed by atoms with Crippen LogP contribution < -0.4 is 0 Å². The zero-order valence-corrected chi connectivity index (χ0v) is 11.2. The highest BCUT2D eigenvalue weighted by Crippen LogP contribution is 2.20. The Labute approximate surface area is 109 Å². The number of halogens is 1. The van der Waals surface area contributed by atoms with Gasteiger partial charge in [-0.3, -0.25) is 4.79 Å². The van der Waals surface area contributed by atoms with Crippen LogP contribution in [-0.2, 0) is 0 Å². The third-order valence-corrected chi connectivity index (χ3v) is 3.68. The molecule has 0 aliphatic carbocycles. The minimum absolute atomic E-state index is 0.0170. The lowest BCUT2D eigenvalue weighted by Crippen LogP contribution is -2.42. The Morgan fingerprint density at radius 1 is 1.53 bits per heavy atom. The average Bonchev–Trinajstić information content (AvgIpc) is 2.64. The largest absolute Gasteiger partial charge is 0.394 e. The van der Waals surface area contributed by atoms with Crippen LogP contribution in [0.4, 0.5) is 0 Å². The standard InChI is InChI=1S/C12H17BrN2O2/c13-9-6-11(14-7-9)12(17)15-5-3-1-2-4-10(15)8-16/h6-7,10,14,16H,1-5,8H2. The maximum absolute atomic E-state index is 12.3. The highest BCUT2D eigenvalue weighted by Gasteiger charge is 2.26. The van der Waals surface area contributed by atoms with Crippen LogP contribution in [0, 0.1) is 0 Å². The van der Waals surface area contributed by atoms with Gasteiger partial charge in [0.2, 0.25) is 0 Å². The molecule has 1 unspecified atom stereocenters. The van der Waals surface area contributed by atoms with Crippen molar-refractivity contribution in [2.45, 2.75) is 31.7 Å². The van der Waals surface area contributed by atoms with Gasteiger partial charge in [0.05, 0.1) is 12.6 Å². The summed E-state index contributed by atoms with van der Waals surface area (Å²) in [5.74, 6) is -0.0170. The van der Waals surface area contributed by atoms with Gasteiger partial charge in [0.1, 0.15) is 5.69 Å². The minimum Gasteiger partial charge on any atom is -0.394 e. The van der Waals surface area contributed by atoms with E-state index in [0.29, 0.717) is 5.69 Å². The van der Waals surface area contributed by atoms with Crippen molar-refractivity contribution in [3.63, 3.8) is 0 Å². The molecule has 1 saturated heterocycles. The molecule has 94 valence electrons. The summed E-state index contributed by atoms with van der Waals surface area (Å²) in [4.78, 5) is 17.0. The van der Waals surface area contributed by atoms with Gasteiger partial charge < -0.3 is 15.0 Å². The van der Waals surface area contributed by atoms with E-state index in [1.165, 1.54) is 0 Å². The normalized spacial score (nSPS) is 21.3. The Morgan fingerprint density at radius 2 is 2.35 bits per heavy atom. The number of H-pyrrole nitrogens is 1. The molecule has 1 aromatic rings. The first-order chi connectivity index (χ1) is 8.22. The SMILES string of the molecule is O=C(c1cc(Br)c[nH]1)N1CCCCCC1CO. The van der Waals surface area contributed by atoms with Crippen molar-refractivity contribution in [3.05, 3.63) is 22.4 Å². The predicted octanol–water partition coefficient (Wildman–Crippen LogP) is 2.15. The number of likely N-dealkylation sites (tertiary alicyclic amines) is 1. The molecule has 5 heteroatoms. The number of carbonyl (C=O) groups excluding carboxylic acids is 1. The van der Waals surface area contributed by atoms with Gasteiger partial charge in [-0.05, 0) is 34.8 Å². The van der Waals surface area contributed by atoms with Crippen LogP contribution in [0.1, 0.15) is 36.2 Å². The molecule has 0 spiro atoms. The van der Waals surface area contributed by atoms with Gasteiger partial charge in [-0.25, -0.2) is 0 Å². The molecule has 4 nitrogen and oxygen atoms in total. The molecule has 1 aromatic heterocycles. The zero-order valence-electron chi connectivity index (χ0n) is 9.66. The number of hydrogen-bond acceptors (Lipinski definition) is 2. The van der Waals surface area contributed by atoms with E-state index in [-0.39, 0.29) is 18.6 Å². The van der Waals surface area contributed by atoms with Crippen LogP contribution in [0.3, 0.4) is 0 Å². The van der Waals surface area contributed by atoms with E-state index >= 15 is 0 Å². The molecule has 2 N–H and O–H groups in total. The minimum atomic E-state index is -0.0351. The van der Waals surface area contributed by atoms with E-state index in [4.69, 9.17) is 0 Å². The summed E-state index contributed by atoms with van der Waals surface area (Å²) < 4.78 is 0.872. The Bertz CT molecular complexity index is 392. The van der Waals surface area contributed by atoms with Crippen LogP contribution in [0.5, 0.6) is 0 Å². The van der Waals surface area contributed by atoms with Crippen LogP contribution >= 0.6 is 15.9 Å². The summed E-state index contributed by atoms with van der Waals surface area (Å²) in [6.45, 7) is 0.786. The third kappa shape index (κ3) is 2.90. The summed E-state index contributed by atoms with van der Waals surface area (Å²) in [5.41, 5.74) is 0.581. The third-order valence-electron chi connectivity index (χ3n) is 3.23. The van der Waals surface area contributed by atoms with E-state index in [2.05, 4.69) is 20.9 Å². The molecular formula is C12H17BrN2O2. The molecule has 1 fully saturated rings. The number of aliphatic hydroxyl groups excluding tert-OH is 1. The van der Waals surface area contributed by atoms with E-state index in [1.54, 1.807) is 17.2 Å². The molecule has 0 bridgehead atoms. The summed E-state index contributed by atoms with van der Waals surface area (Å²) in [6.07, 6.45) is 5.88. The first-order valence-electron chi connectivity index (χ1n) is 5.98. The second kappa shape index (κ2) is 5.69. The van der Waals surface area contributed by atoms with Gasteiger partial charge in [0.25, 0.3) is 5.91 Å². The number of rotatable bonds is 2. The molecule has 0 saturated carbocycles. The van der Waals surface area contributed by atoms with Crippen molar-refractivity contribution in [2.24, 2.45) is 0 Å². The average molecular weight is 301 g/mol. The summed E-state index contributed by atoms with van der Waals surface area (Å²) in [5, 5.41) is 9.37. The number of hydrogen-bond donors (Lipinski definition) is 2. The number of aromatic nitrogens is 1. The van der Waals surface area contributed by atoms with Gasteiger partial charge in [0.15, 0.2) is 0 Å². The first kappa shape index (κ1) is 12.6. The van der Waals surface area contributed by atoms with Crippen molar-refractivity contribution >= 4 is 21.8 Å². The van der Waals surface area contributed by atoms with E-state index in [0.717, 1.165) is 36.7 Å². The van der Waals surface area contributed by atoms with Crippen LogP contribution in [-0.4, -0.2) is 40.1 Å². The number of aliphatic hydroxyl groups is 1. The smallest absolute Gasteiger partial charge is 0.270 e. The van der Waals surface area contributed by atoms with Crippen molar-refractivity contribution in [1.29, 1.82) is 0 Å². The fourth-order valence-electron chi connectivity index (χ4n) is 2.28. The topological polar surface area (TPSA) is 56.3 Å². The predicted molar refractivity (Wildman–Crippen MR) is 68.9 cm³/mol. The fourth-order valence-corrected chi connectivity index (χ4v) is 2.62. The molecular weight excluding hydrogens is 284 g/mol. The van der Waals surface area contributed by atoms with Crippen LogP contribution in [0.15, 0.2) is 16.7 Å². The lowest BCUT2D eigenvalue weighted by atomic mass is 10.1. The molecule has 17 heavy (non-hydrogen) atoms. The highest BCUT2D eigenvalue weighted by molar-refractivity contribution is 9.10. The van der Waals surface area contributed by atoms with E-state index < -0.39 is 0 Å². The van der Waals surface area contributed by atoms with Gasteiger partial charge in [-0.1, -0.05) is 12.8 Å². The lowest BCUT2D eigenvalue weighted by molar-refractivity contribution is 0.0594. The molecule has 1 atom stereocenters. The Morgan fingerprint density at radius 3 is 3.00 bits per heavy atom. The van der Waals surface area contributed by atoms with E-state index in [9.17, 15) is 9.90 Å². The van der Waals surface area contributed by atoms with Crippen molar-refractivity contribution in [2.75, 3.05) is 13.2 Å². The summed E-state index contributed by atoms with van der Waals surface area (Å²) in [7, 11) is 0. The molecule has 2 rings (SSSR count). The van der Waals surface area contributed by atoms with E-state index in [1.807, 2.05) is 0 Å². The number of aromatic amines is 1. The maximum atomic E-state index is 12.3. The number of nitrogens with zero attached hydrogens (tertiary/aromatic N) is 1. The number of carbonyl (C=O) groups is 1. The first-order valence-corrected chi connectivity index (χ1v) is 6.77. The van der Waals surface area contributed by atoms with Gasteiger partial charge in [-0.2, -0.15) is 0 Å². The molecule has 1 aliphatic rings. The highest BCUT2D eigenvalue weighted by atomic mass is 79.9. The molecule has 0 aromatic carbocycles. The lowest BCUT2D eigenvalue weighted by Gasteiger charge is -2.28. The van der Waals surface area contributed by atoms with Crippen LogP contribution in [0.2, 0.25) is 0 Å². The number of nitrogens with one attached hydrogen (secondary N) is 1. The van der Waals surface area contributed by atoms with Crippen molar-refractivity contribution in [3.8, 4) is 0 Å². The molecule has 1 aliphatic heterocycles. The summed E-state index contributed by atoms with van der Waals surface area (Å²) in [6, 6.07) is 1.74. The van der Waals surface area contributed by atoms with Gasteiger partial charge in [0, 0.05) is 17.2 Å². The molecule has 1 amide bonds. The van der Waals surface area contributed by atoms with Gasteiger partial charge in [-0.15, -0.1) is 0 Å². The molecule has 2 heterocycles. The van der Waals surface area contributed by atoms with Crippen molar-refractivity contribution < 1.29 is 9.90 Å². The second-order valence-electron chi connectivity index (χ2n) is 4.42. The summed E-state index contributed by atoms with van der Waals surface area (Å²) >= 11 is 3.32. The second-order valence-corrected chi connectivity index (χ2v) is 5.33.